The minimum atomic E-state index is -0.00279. The second-order valence-electron chi connectivity index (χ2n) is 5.24. The molecule has 0 radical (unpaired) electrons. The summed E-state index contributed by atoms with van der Waals surface area (Å²) in [5, 5.41) is 6.09. The maximum atomic E-state index is 11.7. The number of rotatable bonds is 9. The second-order valence-corrected chi connectivity index (χ2v) is 5.65. The van der Waals surface area contributed by atoms with Gasteiger partial charge >= 0.3 is 0 Å². The van der Waals surface area contributed by atoms with Gasteiger partial charge in [-0.25, -0.2) is 0 Å². The lowest BCUT2D eigenvalue weighted by Crippen LogP contribution is -2.33. The van der Waals surface area contributed by atoms with Crippen LogP contribution in [0.4, 0.5) is 5.69 Å². The number of carbonyl (C=O) groups is 1. The zero-order valence-electron chi connectivity index (χ0n) is 12.9. The monoisotopic (exact) mass is 306 g/mol. The van der Waals surface area contributed by atoms with Gasteiger partial charge in [-0.1, -0.05) is 63.6 Å². The second kappa shape index (κ2) is 11.3. The molecular formula is C17H26N2OS. The van der Waals surface area contributed by atoms with Crippen molar-refractivity contribution in [2.75, 3.05) is 5.32 Å². The Morgan fingerprint density at radius 3 is 2.29 bits per heavy atom. The highest BCUT2D eigenvalue weighted by Gasteiger charge is 2.04. The Hall–Kier alpha value is -1.42. The van der Waals surface area contributed by atoms with Crippen LogP contribution in [-0.2, 0) is 4.79 Å². The molecule has 0 heterocycles. The average Bonchev–Trinajstić information content (AvgIpc) is 2.47. The number of hydrogen-bond donors (Lipinski definition) is 2. The molecule has 2 N–H and O–H groups in total. The van der Waals surface area contributed by atoms with Crippen LogP contribution < -0.4 is 10.6 Å². The number of carbonyl (C=O) groups excluding carboxylic acids is 1. The maximum absolute atomic E-state index is 11.7. The van der Waals surface area contributed by atoms with Crippen molar-refractivity contribution >= 4 is 28.9 Å². The number of benzene rings is 1. The molecule has 0 saturated carbocycles. The Bertz CT molecular complexity index is 420. The van der Waals surface area contributed by atoms with Crippen LogP contribution in [-0.4, -0.2) is 11.0 Å². The summed E-state index contributed by atoms with van der Waals surface area (Å²) in [5.74, 6) is -0.00279. The Morgan fingerprint density at radius 2 is 1.62 bits per heavy atom. The molecule has 1 amide bonds. The van der Waals surface area contributed by atoms with Gasteiger partial charge < -0.3 is 10.6 Å². The smallest absolute Gasteiger partial charge is 0.226 e. The molecule has 116 valence electrons. The van der Waals surface area contributed by atoms with Gasteiger partial charge in [-0.2, -0.15) is 0 Å². The highest BCUT2D eigenvalue weighted by atomic mass is 32.1. The van der Waals surface area contributed by atoms with Crippen molar-refractivity contribution in [1.29, 1.82) is 0 Å². The van der Waals surface area contributed by atoms with E-state index in [-0.39, 0.29) is 5.91 Å². The van der Waals surface area contributed by atoms with Crippen molar-refractivity contribution in [2.45, 2.75) is 58.3 Å². The predicted molar refractivity (Wildman–Crippen MR) is 93.4 cm³/mol. The van der Waals surface area contributed by atoms with E-state index in [1.807, 2.05) is 30.3 Å². The fourth-order valence-electron chi connectivity index (χ4n) is 2.12. The first-order valence-electron chi connectivity index (χ1n) is 7.88. The third kappa shape index (κ3) is 9.19. The van der Waals surface area contributed by atoms with E-state index in [4.69, 9.17) is 12.2 Å². The SMILES string of the molecule is CCCCCCCCCC(=O)NC(=S)Nc1ccccc1. The Labute approximate surface area is 133 Å². The molecule has 0 bridgehead atoms. The van der Waals surface area contributed by atoms with Crippen LogP contribution in [0.1, 0.15) is 58.3 Å². The molecule has 0 atom stereocenters. The minimum Gasteiger partial charge on any atom is -0.332 e. The van der Waals surface area contributed by atoms with Gasteiger partial charge in [0.1, 0.15) is 0 Å². The zero-order valence-corrected chi connectivity index (χ0v) is 13.7. The summed E-state index contributed by atoms with van der Waals surface area (Å²) in [6, 6.07) is 9.60. The molecule has 0 aromatic heterocycles. The highest BCUT2D eigenvalue weighted by molar-refractivity contribution is 7.80. The molecule has 1 rings (SSSR count). The van der Waals surface area contributed by atoms with Crippen LogP contribution in [0.2, 0.25) is 0 Å². The molecule has 0 spiro atoms. The first-order chi connectivity index (χ1) is 10.2. The zero-order chi connectivity index (χ0) is 15.3. The molecule has 1 aromatic carbocycles. The largest absolute Gasteiger partial charge is 0.332 e. The quantitative estimate of drug-likeness (QED) is 0.516. The number of anilines is 1. The highest BCUT2D eigenvalue weighted by Crippen LogP contribution is 2.08. The molecule has 0 unspecified atom stereocenters. The van der Waals surface area contributed by atoms with Gasteiger partial charge in [-0.15, -0.1) is 0 Å². The number of unbranched alkanes of at least 4 members (excludes halogenated alkanes) is 6. The third-order valence-corrected chi connectivity index (χ3v) is 3.50. The van der Waals surface area contributed by atoms with Gasteiger partial charge in [0, 0.05) is 12.1 Å². The molecule has 0 fully saturated rings. The van der Waals surface area contributed by atoms with E-state index in [0.717, 1.165) is 18.5 Å². The fourth-order valence-corrected chi connectivity index (χ4v) is 2.35. The first-order valence-corrected chi connectivity index (χ1v) is 8.29. The average molecular weight is 306 g/mol. The lowest BCUT2D eigenvalue weighted by atomic mass is 10.1. The summed E-state index contributed by atoms with van der Waals surface area (Å²) in [4.78, 5) is 11.7. The van der Waals surface area contributed by atoms with E-state index in [1.165, 1.54) is 32.1 Å². The summed E-state index contributed by atoms with van der Waals surface area (Å²) in [5.41, 5.74) is 0.888. The van der Waals surface area contributed by atoms with E-state index in [2.05, 4.69) is 17.6 Å². The molecule has 3 nitrogen and oxygen atoms in total. The first kappa shape index (κ1) is 17.6. The van der Waals surface area contributed by atoms with E-state index < -0.39 is 0 Å². The molecule has 0 aliphatic rings. The Balaban J connectivity index is 2.06. The summed E-state index contributed by atoms with van der Waals surface area (Å²) < 4.78 is 0. The molecule has 0 aliphatic carbocycles. The topological polar surface area (TPSA) is 41.1 Å². The van der Waals surface area contributed by atoms with Gasteiger partial charge in [0.15, 0.2) is 5.11 Å². The van der Waals surface area contributed by atoms with Crippen molar-refractivity contribution < 1.29 is 4.79 Å². The lowest BCUT2D eigenvalue weighted by molar-refractivity contribution is -0.119. The van der Waals surface area contributed by atoms with Crippen LogP contribution in [0.25, 0.3) is 0 Å². The van der Waals surface area contributed by atoms with Crippen LogP contribution in [0.15, 0.2) is 30.3 Å². The third-order valence-electron chi connectivity index (χ3n) is 3.29. The van der Waals surface area contributed by atoms with Gasteiger partial charge in [-0.05, 0) is 30.8 Å². The molecule has 21 heavy (non-hydrogen) atoms. The van der Waals surface area contributed by atoms with Gasteiger partial charge in [0.25, 0.3) is 0 Å². The number of hydrogen-bond acceptors (Lipinski definition) is 2. The minimum absolute atomic E-state index is 0.00279. The lowest BCUT2D eigenvalue weighted by Gasteiger charge is -2.09. The van der Waals surface area contributed by atoms with Gasteiger partial charge in [0.05, 0.1) is 0 Å². The van der Waals surface area contributed by atoms with E-state index in [9.17, 15) is 4.79 Å². The normalized spacial score (nSPS) is 10.1. The van der Waals surface area contributed by atoms with Crippen LogP contribution in [0.3, 0.4) is 0 Å². The summed E-state index contributed by atoms with van der Waals surface area (Å²) in [7, 11) is 0. The van der Waals surface area contributed by atoms with Gasteiger partial charge in [-0.3, -0.25) is 4.79 Å². The molecular weight excluding hydrogens is 280 g/mol. The van der Waals surface area contributed by atoms with E-state index >= 15 is 0 Å². The van der Waals surface area contributed by atoms with Crippen molar-refractivity contribution in [3.63, 3.8) is 0 Å². The van der Waals surface area contributed by atoms with Crippen molar-refractivity contribution in [2.24, 2.45) is 0 Å². The number of thiocarbonyl (C=S) groups is 1. The van der Waals surface area contributed by atoms with Gasteiger partial charge in [0.2, 0.25) is 5.91 Å². The van der Waals surface area contributed by atoms with Crippen LogP contribution in [0, 0.1) is 0 Å². The van der Waals surface area contributed by atoms with Crippen molar-refractivity contribution in [3.8, 4) is 0 Å². The fraction of sp³-hybridized carbons (Fsp3) is 0.529. The molecule has 4 heteroatoms. The maximum Gasteiger partial charge on any atom is 0.226 e. The Morgan fingerprint density at radius 1 is 1.00 bits per heavy atom. The van der Waals surface area contributed by atoms with E-state index in [0.29, 0.717) is 11.5 Å². The van der Waals surface area contributed by atoms with Crippen LogP contribution >= 0.6 is 12.2 Å². The molecule has 0 saturated heterocycles. The molecule has 0 aliphatic heterocycles. The Kier molecular flexibility index (Phi) is 9.46. The number of nitrogens with one attached hydrogen (secondary N) is 2. The van der Waals surface area contributed by atoms with Crippen molar-refractivity contribution in [3.05, 3.63) is 30.3 Å². The molecule has 1 aromatic rings. The summed E-state index contributed by atoms with van der Waals surface area (Å²) in [6.45, 7) is 2.22. The predicted octanol–water partition coefficient (Wildman–Crippen LogP) is 4.64. The summed E-state index contributed by atoms with van der Waals surface area (Å²) >= 11 is 5.12. The van der Waals surface area contributed by atoms with Crippen LogP contribution in [0.5, 0.6) is 0 Å². The number of amides is 1. The van der Waals surface area contributed by atoms with E-state index in [1.54, 1.807) is 0 Å². The summed E-state index contributed by atoms with van der Waals surface area (Å²) in [6.07, 6.45) is 9.01. The number of para-hydroxylation sites is 1. The van der Waals surface area contributed by atoms with Crippen molar-refractivity contribution in [1.82, 2.24) is 5.32 Å². The standard InChI is InChI=1S/C17H26N2OS/c1-2-3-4-5-6-7-11-14-16(20)19-17(21)18-15-12-9-8-10-13-15/h8-10,12-13H,2-7,11,14H2,1H3,(H2,18,19,20,21).